The smallest absolute Gasteiger partial charge is 0.124 e. The lowest BCUT2D eigenvalue weighted by Crippen LogP contribution is -2.09. The first kappa shape index (κ1) is 14.8. The molecule has 0 spiro atoms. The maximum atomic E-state index is 5.94. The van der Waals surface area contributed by atoms with Crippen molar-refractivity contribution in [1.82, 2.24) is 0 Å². The molecule has 0 unspecified atom stereocenters. The molecule has 2 nitrogen and oxygen atoms in total. The monoisotopic (exact) mass is 247 g/mol. The minimum atomic E-state index is 0.0152. The highest BCUT2D eigenvalue weighted by Crippen LogP contribution is 2.25. The highest BCUT2D eigenvalue weighted by atomic mass is 16.5. The maximum absolute atomic E-state index is 5.94. The number of nitrogens with two attached hydrogens (primary N) is 1. The van der Waals surface area contributed by atoms with Gasteiger partial charge in [0.05, 0.1) is 6.61 Å². The van der Waals surface area contributed by atoms with E-state index in [9.17, 15) is 0 Å². The van der Waals surface area contributed by atoms with Gasteiger partial charge < -0.3 is 10.5 Å². The first-order valence-corrected chi connectivity index (χ1v) is 6.75. The van der Waals surface area contributed by atoms with Gasteiger partial charge in [0.1, 0.15) is 5.75 Å². The minimum absolute atomic E-state index is 0.0152. The highest BCUT2D eigenvalue weighted by molar-refractivity contribution is 5.38. The van der Waals surface area contributed by atoms with Gasteiger partial charge in [0.15, 0.2) is 0 Å². The standard InChI is InChI=1S/C16H25NO/c1-4-5-6-7-8-11-18-16-12-13(2)9-10-15(16)14(3)17/h4,9-10,12,14H,1,5-8,11,17H2,2-3H3/t14-/m1/s1. The molecule has 1 rings (SSSR count). The van der Waals surface area contributed by atoms with Crippen molar-refractivity contribution in [2.24, 2.45) is 5.73 Å². The van der Waals surface area contributed by atoms with Crippen molar-refractivity contribution in [3.8, 4) is 5.75 Å². The summed E-state index contributed by atoms with van der Waals surface area (Å²) in [6.45, 7) is 8.54. The predicted molar refractivity (Wildman–Crippen MR) is 77.9 cm³/mol. The van der Waals surface area contributed by atoms with Crippen LogP contribution in [0.15, 0.2) is 30.9 Å². The molecule has 2 N–H and O–H groups in total. The van der Waals surface area contributed by atoms with E-state index in [0.29, 0.717) is 0 Å². The molecule has 0 bridgehead atoms. The number of unbranched alkanes of at least 4 members (excludes halogenated alkanes) is 3. The average Bonchev–Trinajstić information content (AvgIpc) is 2.33. The first-order chi connectivity index (χ1) is 8.65. The topological polar surface area (TPSA) is 35.2 Å². The van der Waals surface area contributed by atoms with Gasteiger partial charge in [-0.1, -0.05) is 18.2 Å². The highest BCUT2D eigenvalue weighted by Gasteiger charge is 2.07. The van der Waals surface area contributed by atoms with Crippen LogP contribution in [0.25, 0.3) is 0 Å². The molecule has 0 aliphatic heterocycles. The summed E-state index contributed by atoms with van der Waals surface area (Å²) < 4.78 is 5.85. The van der Waals surface area contributed by atoms with E-state index in [-0.39, 0.29) is 6.04 Å². The summed E-state index contributed by atoms with van der Waals surface area (Å²) in [4.78, 5) is 0. The molecule has 0 heterocycles. The van der Waals surface area contributed by atoms with Crippen molar-refractivity contribution in [3.63, 3.8) is 0 Å². The van der Waals surface area contributed by atoms with Crippen molar-refractivity contribution < 1.29 is 4.74 Å². The van der Waals surface area contributed by atoms with Crippen molar-refractivity contribution in [2.45, 2.75) is 45.6 Å². The molecule has 100 valence electrons. The lowest BCUT2D eigenvalue weighted by molar-refractivity contribution is 0.301. The quantitative estimate of drug-likeness (QED) is 0.553. The number of aryl methyl sites for hydroxylation is 1. The summed E-state index contributed by atoms with van der Waals surface area (Å²) in [6, 6.07) is 6.23. The SMILES string of the molecule is C=CCCCCCOc1cc(C)ccc1[C@@H](C)N. The lowest BCUT2D eigenvalue weighted by Gasteiger charge is -2.14. The molecular weight excluding hydrogens is 222 g/mol. The molecule has 0 fully saturated rings. The summed E-state index contributed by atoms with van der Waals surface area (Å²) in [6.07, 6.45) is 6.53. The van der Waals surface area contributed by atoms with Gasteiger partial charge in [-0.15, -0.1) is 6.58 Å². The predicted octanol–water partition coefficient (Wildman–Crippen LogP) is 4.14. The number of rotatable bonds is 8. The molecule has 1 aromatic carbocycles. The van der Waals surface area contributed by atoms with Gasteiger partial charge >= 0.3 is 0 Å². The van der Waals surface area contributed by atoms with Crippen molar-refractivity contribution in [3.05, 3.63) is 42.0 Å². The number of hydrogen-bond donors (Lipinski definition) is 1. The molecule has 0 aliphatic rings. The molecule has 0 saturated heterocycles. The molecular formula is C16H25NO. The van der Waals surface area contributed by atoms with E-state index in [1.54, 1.807) is 0 Å². The molecule has 1 aromatic rings. The molecule has 0 aromatic heterocycles. The Morgan fingerprint density at radius 3 is 2.78 bits per heavy atom. The summed E-state index contributed by atoms with van der Waals surface area (Å²) in [5.41, 5.74) is 8.24. The van der Waals surface area contributed by atoms with Crippen LogP contribution < -0.4 is 10.5 Å². The Balaban J connectivity index is 2.45. The van der Waals surface area contributed by atoms with Crippen LogP contribution >= 0.6 is 0 Å². The maximum Gasteiger partial charge on any atom is 0.124 e. The van der Waals surface area contributed by atoms with Crippen LogP contribution in [0.2, 0.25) is 0 Å². The van der Waals surface area contributed by atoms with Crippen LogP contribution in [0.1, 0.15) is 49.8 Å². The Kier molecular flexibility index (Phi) is 6.51. The Hall–Kier alpha value is -1.28. The average molecular weight is 247 g/mol. The molecule has 18 heavy (non-hydrogen) atoms. The van der Waals surface area contributed by atoms with Gasteiger partial charge in [-0.3, -0.25) is 0 Å². The second-order valence-corrected chi connectivity index (χ2v) is 4.82. The first-order valence-electron chi connectivity index (χ1n) is 6.75. The van der Waals surface area contributed by atoms with E-state index in [4.69, 9.17) is 10.5 Å². The normalized spacial score (nSPS) is 12.2. The Labute approximate surface area is 111 Å². The summed E-state index contributed by atoms with van der Waals surface area (Å²) in [5.74, 6) is 0.939. The zero-order chi connectivity index (χ0) is 13.4. The Morgan fingerprint density at radius 2 is 2.11 bits per heavy atom. The van der Waals surface area contributed by atoms with Crippen LogP contribution in [-0.4, -0.2) is 6.61 Å². The number of ether oxygens (including phenoxy) is 1. The number of benzene rings is 1. The summed E-state index contributed by atoms with van der Waals surface area (Å²) in [7, 11) is 0. The van der Waals surface area contributed by atoms with Crippen LogP contribution in [0, 0.1) is 6.92 Å². The third kappa shape index (κ3) is 4.92. The molecule has 2 heteroatoms. The van der Waals surface area contributed by atoms with Crippen molar-refractivity contribution in [1.29, 1.82) is 0 Å². The largest absolute Gasteiger partial charge is 0.493 e. The van der Waals surface area contributed by atoms with E-state index in [2.05, 4.69) is 31.7 Å². The second-order valence-electron chi connectivity index (χ2n) is 4.82. The van der Waals surface area contributed by atoms with Crippen LogP contribution in [0.4, 0.5) is 0 Å². The lowest BCUT2D eigenvalue weighted by atomic mass is 10.1. The van der Waals surface area contributed by atoms with Crippen molar-refractivity contribution in [2.75, 3.05) is 6.61 Å². The van der Waals surface area contributed by atoms with Gasteiger partial charge in [0, 0.05) is 11.6 Å². The van der Waals surface area contributed by atoms with Gasteiger partial charge in [0.2, 0.25) is 0 Å². The fourth-order valence-electron chi connectivity index (χ4n) is 1.89. The van der Waals surface area contributed by atoms with Crippen LogP contribution in [-0.2, 0) is 0 Å². The van der Waals surface area contributed by atoms with E-state index < -0.39 is 0 Å². The van der Waals surface area contributed by atoms with Crippen molar-refractivity contribution >= 4 is 0 Å². The van der Waals surface area contributed by atoms with E-state index >= 15 is 0 Å². The molecule has 0 aliphatic carbocycles. The number of allylic oxidation sites excluding steroid dienone is 1. The van der Waals surface area contributed by atoms with Gasteiger partial charge in [0.25, 0.3) is 0 Å². The van der Waals surface area contributed by atoms with E-state index in [1.807, 2.05) is 13.0 Å². The minimum Gasteiger partial charge on any atom is -0.493 e. The van der Waals surface area contributed by atoms with E-state index in [1.165, 1.54) is 18.4 Å². The summed E-state index contributed by atoms with van der Waals surface area (Å²) in [5, 5.41) is 0. The van der Waals surface area contributed by atoms with E-state index in [0.717, 1.165) is 30.8 Å². The second kappa shape index (κ2) is 7.93. The van der Waals surface area contributed by atoms with Gasteiger partial charge in [-0.25, -0.2) is 0 Å². The van der Waals surface area contributed by atoms with Gasteiger partial charge in [-0.05, 0) is 51.2 Å². The number of hydrogen-bond acceptors (Lipinski definition) is 2. The molecule has 0 saturated carbocycles. The zero-order valence-electron chi connectivity index (χ0n) is 11.6. The fourth-order valence-corrected chi connectivity index (χ4v) is 1.89. The molecule has 0 radical (unpaired) electrons. The third-order valence-corrected chi connectivity index (χ3v) is 2.97. The third-order valence-electron chi connectivity index (χ3n) is 2.97. The molecule has 1 atom stereocenters. The fraction of sp³-hybridized carbons (Fsp3) is 0.500. The van der Waals surface area contributed by atoms with Crippen LogP contribution in [0.5, 0.6) is 5.75 Å². The molecule has 0 amide bonds. The zero-order valence-corrected chi connectivity index (χ0v) is 11.6. The van der Waals surface area contributed by atoms with Crippen LogP contribution in [0.3, 0.4) is 0 Å². The Bertz CT molecular complexity index is 371. The summed E-state index contributed by atoms with van der Waals surface area (Å²) >= 11 is 0. The van der Waals surface area contributed by atoms with Gasteiger partial charge in [-0.2, -0.15) is 0 Å². The Morgan fingerprint density at radius 1 is 1.33 bits per heavy atom.